The van der Waals surface area contributed by atoms with Crippen LogP contribution in [0.4, 0.5) is 0 Å². The van der Waals surface area contributed by atoms with E-state index in [-0.39, 0.29) is 0 Å². The number of pyridine rings is 1. The molecule has 0 radical (unpaired) electrons. The van der Waals surface area contributed by atoms with Gasteiger partial charge in [0.05, 0.1) is 11.0 Å². The molecule has 3 aromatic rings. The van der Waals surface area contributed by atoms with Crippen molar-refractivity contribution < 1.29 is 4.74 Å². The van der Waals surface area contributed by atoms with Crippen molar-refractivity contribution in [2.24, 2.45) is 0 Å². The lowest BCUT2D eigenvalue weighted by Crippen LogP contribution is -2.40. The Labute approximate surface area is 164 Å². The maximum atomic E-state index is 6.25. The zero-order valence-electron chi connectivity index (χ0n) is 16.2. The molecule has 142 valence electrons. The number of hydrogen-bond donors (Lipinski definition) is 0. The number of hydrogen-bond acceptors (Lipinski definition) is 5. The number of likely N-dealkylation sites (tertiary alicyclic amines) is 1. The Balaban J connectivity index is 1.66. The van der Waals surface area contributed by atoms with Crippen molar-refractivity contribution in [3.63, 3.8) is 0 Å². The molecule has 0 N–H and O–H groups in total. The van der Waals surface area contributed by atoms with Gasteiger partial charge < -0.3 is 9.64 Å². The highest BCUT2D eigenvalue weighted by atomic mass is 32.2. The first kappa shape index (κ1) is 18.3. The Morgan fingerprint density at radius 2 is 2.07 bits per heavy atom. The van der Waals surface area contributed by atoms with E-state index in [1.54, 1.807) is 11.8 Å². The average molecular weight is 383 g/mol. The van der Waals surface area contributed by atoms with Gasteiger partial charge in [0, 0.05) is 17.8 Å². The van der Waals surface area contributed by atoms with Crippen molar-refractivity contribution in [2.75, 3.05) is 26.5 Å². The summed E-state index contributed by atoms with van der Waals surface area (Å²) in [6.07, 6.45) is 7.66. The van der Waals surface area contributed by atoms with Gasteiger partial charge in [0.15, 0.2) is 5.16 Å². The Bertz CT molecular complexity index is 939. The number of fused-ring (bicyclic) bond motifs is 1. The molecule has 1 aromatic carbocycles. The van der Waals surface area contributed by atoms with E-state index < -0.39 is 0 Å². The highest BCUT2D eigenvalue weighted by Gasteiger charge is 2.21. The van der Waals surface area contributed by atoms with Gasteiger partial charge in [0.1, 0.15) is 18.2 Å². The van der Waals surface area contributed by atoms with Crippen LogP contribution in [-0.2, 0) is 0 Å². The van der Waals surface area contributed by atoms with Crippen molar-refractivity contribution in [1.82, 2.24) is 19.4 Å². The van der Waals surface area contributed by atoms with Gasteiger partial charge in [0.25, 0.3) is 0 Å². The molecule has 27 heavy (non-hydrogen) atoms. The van der Waals surface area contributed by atoms with Crippen LogP contribution >= 0.6 is 11.8 Å². The maximum Gasteiger partial charge on any atom is 0.174 e. The standard InChI is InChI=1S/C21H26N4OS/c1-15-19(26-14-16-8-6-7-13-24(16)2)11-12-22-20(15)25-18-10-5-4-9-17(18)23-21(25)27-3/h4-5,9-12,16H,6-8,13-14H2,1-3H3. The molecule has 2 aromatic heterocycles. The van der Waals surface area contributed by atoms with Gasteiger partial charge in [-0.15, -0.1) is 0 Å². The number of ether oxygens (including phenoxy) is 1. The third kappa shape index (κ3) is 3.56. The van der Waals surface area contributed by atoms with E-state index in [1.165, 1.54) is 19.3 Å². The van der Waals surface area contributed by atoms with Gasteiger partial charge in [-0.05, 0) is 57.8 Å². The number of rotatable bonds is 5. The second-order valence-electron chi connectivity index (χ2n) is 7.12. The summed E-state index contributed by atoms with van der Waals surface area (Å²) < 4.78 is 8.38. The summed E-state index contributed by atoms with van der Waals surface area (Å²) in [5.74, 6) is 1.80. The number of thioether (sulfide) groups is 1. The number of imidazole rings is 1. The monoisotopic (exact) mass is 382 g/mol. The number of para-hydroxylation sites is 2. The fourth-order valence-corrected chi connectivity index (χ4v) is 4.33. The minimum Gasteiger partial charge on any atom is -0.491 e. The van der Waals surface area contributed by atoms with E-state index >= 15 is 0 Å². The molecule has 0 aliphatic carbocycles. The first-order valence-corrected chi connectivity index (χ1v) is 10.7. The highest BCUT2D eigenvalue weighted by molar-refractivity contribution is 7.98. The minimum atomic E-state index is 0.491. The molecule has 1 aliphatic rings. The van der Waals surface area contributed by atoms with Crippen LogP contribution in [0.15, 0.2) is 41.7 Å². The van der Waals surface area contributed by atoms with Crippen molar-refractivity contribution in [3.8, 4) is 11.6 Å². The molecule has 0 bridgehead atoms. The smallest absolute Gasteiger partial charge is 0.174 e. The van der Waals surface area contributed by atoms with E-state index in [4.69, 9.17) is 9.72 Å². The molecule has 6 heteroatoms. The lowest BCUT2D eigenvalue weighted by atomic mass is 10.0. The van der Waals surface area contributed by atoms with Crippen LogP contribution in [0.1, 0.15) is 24.8 Å². The van der Waals surface area contributed by atoms with E-state index in [1.807, 2.05) is 36.7 Å². The SMILES string of the molecule is CSc1nc2ccccc2n1-c1nccc(OCC2CCCCN2C)c1C. The van der Waals surface area contributed by atoms with E-state index in [2.05, 4.69) is 34.5 Å². The van der Waals surface area contributed by atoms with Crippen molar-refractivity contribution in [1.29, 1.82) is 0 Å². The maximum absolute atomic E-state index is 6.25. The second kappa shape index (κ2) is 7.90. The Morgan fingerprint density at radius 1 is 1.22 bits per heavy atom. The van der Waals surface area contributed by atoms with Gasteiger partial charge in [-0.1, -0.05) is 30.3 Å². The highest BCUT2D eigenvalue weighted by Crippen LogP contribution is 2.30. The fraction of sp³-hybridized carbons (Fsp3) is 0.429. The summed E-state index contributed by atoms with van der Waals surface area (Å²) in [7, 11) is 2.19. The van der Waals surface area contributed by atoms with Gasteiger partial charge >= 0.3 is 0 Å². The topological polar surface area (TPSA) is 43.2 Å². The molecule has 1 unspecified atom stereocenters. The van der Waals surface area contributed by atoms with Crippen LogP contribution in [0.3, 0.4) is 0 Å². The molecule has 1 aliphatic heterocycles. The molecule has 5 nitrogen and oxygen atoms in total. The zero-order valence-corrected chi connectivity index (χ0v) is 17.0. The van der Waals surface area contributed by atoms with Crippen molar-refractivity contribution >= 4 is 22.8 Å². The van der Waals surface area contributed by atoms with Crippen LogP contribution < -0.4 is 4.74 Å². The van der Waals surface area contributed by atoms with Gasteiger partial charge in [-0.2, -0.15) is 0 Å². The fourth-order valence-electron chi connectivity index (χ4n) is 3.78. The summed E-state index contributed by atoms with van der Waals surface area (Å²) >= 11 is 1.63. The molecule has 0 amide bonds. The van der Waals surface area contributed by atoms with Crippen LogP contribution in [-0.4, -0.2) is 51.9 Å². The molecule has 4 rings (SSSR count). The number of benzene rings is 1. The van der Waals surface area contributed by atoms with Crippen molar-refractivity contribution in [3.05, 3.63) is 42.1 Å². The van der Waals surface area contributed by atoms with E-state index in [0.29, 0.717) is 6.04 Å². The third-order valence-corrected chi connectivity index (χ3v) is 6.04. The van der Waals surface area contributed by atoms with Crippen LogP contribution in [0.25, 0.3) is 16.9 Å². The zero-order chi connectivity index (χ0) is 18.8. The lowest BCUT2D eigenvalue weighted by molar-refractivity contribution is 0.124. The summed E-state index contributed by atoms with van der Waals surface area (Å²) in [5.41, 5.74) is 3.11. The third-order valence-electron chi connectivity index (χ3n) is 5.40. The van der Waals surface area contributed by atoms with Crippen LogP contribution in [0.2, 0.25) is 0 Å². The summed E-state index contributed by atoms with van der Waals surface area (Å²) in [6.45, 7) is 3.97. The summed E-state index contributed by atoms with van der Waals surface area (Å²) in [5, 5.41) is 0.941. The predicted molar refractivity (Wildman–Crippen MR) is 111 cm³/mol. The Hall–Kier alpha value is -2.05. The second-order valence-corrected chi connectivity index (χ2v) is 7.89. The quantitative estimate of drug-likeness (QED) is 0.615. The van der Waals surface area contributed by atoms with Gasteiger partial charge in [-0.25, -0.2) is 9.97 Å². The molecule has 1 saturated heterocycles. The van der Waals surface area contributed by atoms with Crippen LogP contribution in [0, 0.1) is 6.92 Å². The number of likely N-dealkylation sites (N-methyl/N-ethyl adjacent to an activating group) is 1. The predicted octanol–water partition coefficient (Wildman–Crippen LogP) is 4.31. The molecular formula is C21H26N4OS. The average Bonchev–Trinajstić information content (AvgIpc) is 3.07. The first-order valence-electron chi connectivity index (χ1n) is 9.49. The molecule has 1 fully saturated rings. The molecule has 3 heterocycles. The largest absolute Gasteiger partial charge is 0.491 e. The number of nitrogens with zero attached hydrogens (tertiary/aromatic N) is 4. The summed E-state index contributed by atoms with van der Waals surface area (Å²) in [6, 6.07) is 10.7. The first-order chi connectivity index (χ1) is 13.2. The van der Waals surface area contributed by atoms with Gasteiger partial charge in [0.2, 0.25) is 0 Å². The van der Waals surface area contributed by atoms with E-state index in [9.17, 15) is 0 Å². The minimum absolute atomic E-state index is 0.491. The molecular weight excluding hydrogens is 356 g/mol. The molecule has 0 saturated carbocycles. The van der Waals surface area contributed by atoms with E-state index in [0.717, 1.165) is 46.5 Å². The lowest BCUT2D eigenvalue weighted by Gasteiger charge is -2.32. The van der Waals surface area contributed by atoms with Gasteiger partial charge in [-0.3, -0.25) is 4.57 Å². The van der Waals surface area contributed by atoms with Crippen molar-refractivity contribution in [2.45, 2.75) is 37.4 Å². The molecule has 0 spiro atoms. The Morgan fingerprint density at radius 3 is 2.89 bits per heavy atom. The normalized spacial score (nSPS) is 18.1. The summed E-state index contributed by atoms with van der Waals surface area (Å²) in [4.78, 5) is 11.8. The van der Waals surface area contributed by atoms with Crippen LogP contribution in [0.5, 0.6) is 5.75 Å². The number of aromatic nitrogens is 3. The molecule has 1 atom stereocenters. The number of piperidine rings is 1. The Kier molecular flexibility index (Phi) is 5.36.